The summed E-state index contributed by atoms with van der Waals surface area (Å²) in [5.74, 6) is 0.933. The standard InChI is InChI=1S/C11H17N3/c1-4-8-14(3)11-10(9(2)12)6-5-7-13-11/h4-7,9H,1,8,12H2,2-3H3/t9-/m1/s1. The molecular formula is C11H17N3. The van der Waals surface area contributed by atoms with E-state index >= 15 is 0 Å². The average Bonchev–Trinajstić information content (AvgIpc) is 2.18. The van der Waals surface area contributed by atoms with Gasteiger partial charge in [0, 0.05) is 31.4 Å². The van der Waals surface area contributed by atoms with Gasteiger partial charge in [-0.3, -0.25) is 0 Å². The predicted octanol–water partition coefficient (Wildman–Crippen LogP) is 1.72. The Bertz CT molecular complexity index is 307. The van der Waals surface area contributed by atoms with E-state index in [0.717, 1.165) is 17.9 Å². The molecule has 1 aromatic heterocycles. The molecular weight excluding hydrogens is 174 g/mol. The molecule has 1 rings (SSSR count). The third-order valence-electron chi connectivity index (χ3n) is 2.07. The van der Waals surface area contributed by atoms with Crippen LogP contribution in [0.15, 0.2) is 31.0 Å². The van der Waals surface area contributed by atoms with E-state index in [9.17, 15) is 0 Å². The third-order valence-corrected chi connectivity index (χ3v) is 2.07. The summed E-state index contributed by atoms with van der Waals surface area (Å²) in [4.78, 5) is 6.35. The van der Waals surface area contributed by atoms with Crippen LogP contribution in [0.25, 0.3) is 0 Å². The molecule has 0 fully saturated rings. The zero-order valence-electron chi connectivity index (χ0n) is 8.77. The number of rotatable bonds is 4. The van der Waals surface area contributed by atoms with Crippen LogP contribution in [0.3, 0.4) is 0 Å². The van der Waals surface area contributed by atoms with Crippen molar-refractivity contribution < 1.29 is 0 Å². The minimum absolute atomic E-state index is 0.00552. The number of aromatic nitrogens is 1. The number of pyridine rings is 1. The lowest BCUT2D eigenvalue weighted by Gasteiger charge is -2.20. The van der Waals surface area contributed by atoms with Gasteiger partial charge in [-0.05, 0) is 13.0 Å². The average molecular weight is 191 g/mol. The van der Waals surface area contributed by atoms with Gasteiger partial charge in [0.15, 0.2) is 0 Å². The fourth-order valence-corrected chi connectivity index (χ4v) is 1.36. The van der Waals surface area contributed by atoms with Gasteiger partial charge in [-0.2, -0.15) is 0 Å². The summed E-state index contributed by atoms with van der Waals surface area (Å²) in [5, 5.41) is 0. The topological polar surface area (TPSA) is 42.2 Å². The highest BCUT2D eigenvalue weighted by atomic mass is 15.2. The van der Waals surface area contributed by atoms with E-state index in [1.807, 2.05) is 37.1 Å². The van der Waals surface area contributed by atoms with Crippen LogP contribution in [0.1, 0.15) is 18.5 Å². The Morgan fingerprint density at radius 3 is 3.00 bits per heavy atom. The minimum Gasteiger partial charge on any atom is -0.356 e. The molecule has 0 aliphatic rings. The molecule has 0 saturated heterocycles. The van der Waals surface area contributed by atoms with Gasteiger partial charge in [0.25, 0.3) is 0 Å². The van der Waals surface area contributed by atoms with Gasteiger partial charge in [0.1, 0.15) is 5.82 Å². The molecule has 0 spiro atoms. The second kappa shape index (κ2) is 4.77. The Morgan fingerprint density at radius 1 is 1.71 bits per heavy atom. The highest BCUT2D eigenvalue weighted by Crippen LogP contribution is 2.20. The van der Waals surface area contributed by atoms with E-state index in [4.69, 9.17) is 5.73 Å². The Balaban J connectivity index is 2.99. The number of nitrogens with two attached hydrogens (primary N) is 1. The van der Waals surface area contributed by atoms with Crippen LogP contribution >= 0.6 is 0 Å². The first-order chi connectivity index (χ1) is 6.66. The first-order valence-corrected chi connectivity index (χ1v) is 4.69. The van der Waals surface area contributed by atoms with Gasteiger partial charge >= 0.3 is 0 Å². The molecule has 3 heteroatoms. The smallest absolute Gasteiger partial charge is 0.133 e. The molecule has 76 valence electrons. The molecule has 1 heterocycles. The van der Waals surface area contributed by atoms with Crippen molar-refractivity contribution in [3.8, 4) is 0 Å². The lowest BCUT2D eigenvalue weighted by molar-refractivity contribution is 0.800. The van der Waals surface area contributed by atoms with E-state index in [1.165, 1.54) is 0 Å². The number of nitrogens with zero attached hydrogens (tertiary/aromatic N) is 2. The van der Waals surface area contributed by atoms with Crippen molar-refractivity contribution in [3.05, 3.63) is 36.5 Å². The van der Waals surface area contributed by atoms with Crippen molar-refractivity contribution in [1.82, 2.24) is 4.98 Å². The third kappa shape index (κ3) is 2.33. The molecule has 0 aliphatic heterocycles. The molecule has 1 aromatic rings. The monoisotopic (exact) mass is 191 g/mol. The second-order valence-corrected chi connectivity index (χ2v) is 3.37. The Morgan fingerprint density at radius 2 is 2.43 bits per heavy atom. The van der Waals surface area contributed by atoms with Crippen LogP contribution in [0.2, 0.25) is 0 Å². The van der Waals surface area contributed by atoms with Crippen LogP contribution in [0, 0.1) is 0 Å². The quantitative estimate of drug-likeness (QED) is 0.737. The maximum absolute atomic E-state index is 5.86. The van der Waals surface area contributed by atoms with Gasteiger partial charge < -0.3 is 10.6 Å². The second-order valence-electron chi connectivity index (χ2n) is 3.37. The number of anilines is 1. The zero-order valence-corrected chi connectivity index (χ0v) is 8.77. The summed E-state index contributed by atoms with van der Waals surface area (Å²) in [6.45, 7) is 6.44. The summed E-state index contributed by atoms with van der Waals surface area (Å²) < 4.78 is 0. The van der Waals surface area contributed by atoms with Crippen molar-refractivity contribution >= 4 is 5.82 Å². The van der Waals surface area contributed by atoms with E-state index in [1.54, 1.807) is 6.20 Å². The van der Waals surface area contributed by atoms with Gasteiger partial charge in [-0.15, -0.1) is 6.58 Å². The van der Waals surface area contributed by atoms with E-state index in [2.05, 4.69) is 11.6 Å². The lowest BCUT2D eigenvalue weighted by Crippen LogP contribution is -2.21. The van der Waals surface area contributed by atoms with E-state index < -0.39 is 0 Å². The van der Waals surface area contributed by atoms with Crippen molar-refractivity contribution in [2.75, 3.05) is 18.5 Å². The maximum atomic E-state index is 5.86. The van der Waals surface area contributed by atoms with Crippen molar-refractivity contribution in [2.24, 2.45) is 5.73 Å². The van der Waals surface area contributed by atoms with Gasteiger partial charge in [0.2, 0.25) is 0 Å². The van der Waals surface area contributed by atoms with Gasteiger partial charge in [-0.1, -0.05) is 12.1 Å². The summed E-state index contributed by atoms with van der Waals surface area (Å²) in [6.07, 6.45) is 3.63. The molecule has 0 bridgehead atoms. The summed E-state index contributed by atoms with van der Waals surface area (Å²) in [7, 11) is 1.98. The summed E-state index contributed by atoms with van der Waals surface area (Å²) >= 11 is 0. The highest BCUT2D eigenvalue weighted by Gasteiger charge is 2.09. The molecule has 0 unspecified atom stereocenters. The fourth-order valence-electron chi connectivity index (χ4n) is 1.36. The number of likely N-dealkylation sites (N-methyl/N-ethyl adjacent to an activating group) is 1. The summed E-state index contributed by atoms with van der Waals surface area (Å²) in [6, 6.07) is 3.92. The van der Waals surface area contributed by atoms with Crippen LogP contribution in [0.4, 0.5) is 5.82 Å². The molecule has 0 radical (unpaired) electrons. The zero-order chi connectivity index (χ0) is 10.6. The van der Waals surface area contributed by atoms with Gasteiger partial charge in [0.05, 0.1) is 0 Å². The largest absolute Gasteiger partial charge is 0.356 e. The van der Waals surface area contributed by atoms with Crippen molar-refractivity contribution in [1.29, 1.82) is 0 Å². The molecule has 3 nitrogen and oxygen atoms in total. The summed E-state index contributed by atoms with van der Waals surface area (Å²) in [5.41, 5.74) is 6.92. The molecule has 0 aromatic carbocycles. The van der Waals surface area contributed by atoms with Crippen LogP contribution < -0.4 is 10.6 Å². The number of hydrogen-bond donors (Lipinski definition) is 1. The first kappa shape index (κ1) is 10.7. The van der Waals surface area contributed by atoms with Crippen LogP contribution in [-0.4, -0.2) is 18.6 Å². The number of hydrogen-bond acceptors (Lipinski definition) is 3. The fraction of sp³-hybridized carbons (Fsp3) is 0.364. The molecule has 2 N–H and O–H groups in total. The Kier molecular flexibility index (Phi) is 3.65. The van der Waals surface area contributed by atoms with Crippen LogP contribution in [0.5, 0.6) is 0 Å². The van der Waals surface area contributed by atoms with E-state index in [-0.39, 0.29) is 6.04 Å². The van der Waals surface area contributed by atoms with Gasteiger partial charge in [-0.25, -0.2) is 4.98 Å². The normalized spacial score (nSPS) is 12.2. The van der Waals surface area contributed by atoms with Crippen molar-refractivity contribution in [2.45, 2.75) is 13.0 Å². The minimum atomic E-state index is 0.00552. The van der Waals surface area contributed by atoms with E-state index in [0.29, 0.717) is 0 Å². The Labute approximate surface area is 85.3 Å². The predicted molar refractivity (Wildman–Crippen MR) is 60.3 cm³/mol. The van der Waals surface area contributed by atoms with Crippen molar-refractivity contribution in [3.63, 3.8) is 0 Å². The van der Waals surface area contributed by atoms with Crippen LogP contribution in [-0.2, 0) is 0 Å². The lowest BCUT2D eigenvalue weighted by atomic mass is 10.1. The SMILES string of the molecule is C=CCN(C)c1ncccc1[C@@H](C)N. The molecule has 0 aliphatic carbocycles. The molecule has 1 atom stereocenters. The highest BCUT2D eigenvalue weighted by molar-refractivity contribution is 5.47. The first-order valence-electron chi connectivity index (χ1n) is 4.69. The Hall–Kier alpha value is -1.35. The maximum Gasteiger partial charge on any atom is 0.133 e. The molecule has 0 saturated carbocycles. The molecule has 14 heavy (non-hydrogen) atoms. The molecule has 0 amide bonds.